The van der Waals surface area contributed by atoms with Crippen molar-refractivity contribution in [2.75, 3.05) is 48.9 Å². The van der Waals surface area contributed by atoms with Crippen molar-refractivity contribution >= 4 is 54.0 Å². The maximum Gasteiger partial charge on any atom is 0.270 e. The van der Waals surface area contributed by atoms with E-state index in [-0.39, 0.29) is 21.8 Å². The van der Waals surface area contributed by atoms with Crippen LogP contribution in [0.15, 0.2) is 71.6 Å². The van der Waals surface area contributed by atoms with Crippen LogP contribution in [-0.4, -0.2) is 68.4 Å². The number of nitro benzene ring substituents is 1. The number of carbonyl (C=O) groups excluding carboxylic acids is 1. The minimum absolute atomic E-state index is 0.0440. The van der Waals surface area contributed by atoms with Gasteiger partial charge in [-0.05, 0) is 42.5 Å². The number of benzene rings is 3. The lowest BCUT2D eigenvalue weighted by Gasteiger charge is -2.34. The molecule has 2 heterocycles. The van der Waals surface area contributed by atoms with Crippen LogP contribution >= 0.6 is 11.3 Å². The fraction of sp³-hybridized carbons (Fsp3) is 0.231. The zero-order chi connectivity index (χ0) is 28.3. The molecule has 0 unspecified atom stereocenters. The van der Waals surface area contributed by atoms with Crippen molar-refractivity contribution in [2.45, 2.75) is 4.90 Å². The number of anilines is 2. The van der Waals surface area contributed by atoms with Gasteiger partial charge in [0.15, 0.2) is 5.13 Å². The molecule has 0 aliphatic carbocycles. The molecular formula is C26H25FN6O5S2. The lowest BCUT2D eigenvalue weighted by molar-refractivity contribution is -0.384. The highest BCUT2D eigenvalue weighted by molar-refractivity contribution is 7.92. The molecule has 4 aromatic rings. The third-order valence-electron chi connectivity index (χ3n) is 6.47. The summed E-state index contributed by atoms with van der Waals surface area (Å²) in [7, 11) is -4.01. The quantitative estimate of drug-likeness (QED) is 0.224. The van der Waals surface area contributed by atoms with Crippen molar-refractivity contribution in [3.05, 3.63) is 88.2 Å². The number of rotatable bonds is 9. The number of halogens is 1. The van der Waals surface area contributed by atoms with Gasteiger partial charge in [0.25, 0.3) is 21.6 Å². The Hall–Kier alpha value is -4.14. The number of amides is 1. The Morgan fingerprint density at radius 2 is 1.77 bits per heavy atom. The summed E-state index contributed by atoms with van der Waals surface area (Å²) >= 11 is 1.43. The number of sulfonamides is 1. The highest BCUT2D eigenvalue weighted by Gasteiger charge is 2.22. The summed E-state index contributed by atoms with van der Waals surface area (Å²) in [4.78, 5) is 32.4. The molecular weight excluding hydrogens is 559 g/mol. The Morgan fingerprint density at radius 3 is 2.50 bits per heavy atom. The predicted octanol–water partition coefficient (Wildman–Crippen LogP) is 3.70. The van der Waals surface area contributed by atoms with Crippen LogP contribution < -0.4 is 14.9 Å². The van der Waals surface area contributed by atoms with Crippen LogP contribution in [0.5, 0.6) is 0 Å². The molecule has 2 N–H and O–H groups in total. The molecule has 1 aliphatic heterocycles. The molecule has 3 aromatic carbocycles. The monoisotopic (exact) mass is 584 g/mol. The minimum Gasteiger partial charge on any atom is -0.351 e. The van der Waals surface area contributed by atoms with Crippen molar-refractivity contribution in [3.8, 4) is 0 Å². The maximum atomic E-state index is 13.2. The number of non-ortho nitro benzene ring substituents is 1. The second-order valence-corrected chi connectivity index (χ2v) is 11.8. The van der Waals surface area contributed by atoms with E-state index in [0.29, 0.717) is 13.1 Å². The fourth-order valence-corrected chi connectivity index (χ4v) is 6.45. The number of fused-ring (bicyclic) bond motifs is 1. The third-order valence-corrected chi connectivity index (χ3v) is 8.93. The van der Waals surface area contributed by atoms with Crippen LogP contribution in [0.25, 0.3) is 10.2 Å². The average molecular weight is 585 g/mol. The number of hydrogen-bond acceptors (Lipinski definition) is 9. The van der Waals surface area contributed by atoms with E-state index in [0.717, 1.165) is 65.8 Å². The molecule has 40 heavy (non-hydrogen) atoms. The zero-order valence-corrected chi connectivity index (χ0v) is 22.8. The zero-order valence-electron chi connectivity index (χ0n) is 21.1. The number of nitrogens with zero attached hydrogens (tertiary/aromatic N) is 4. The first-order valence-corrected chi connectivity index (χ1v) is 14.7. The smallest absolute Gasteiger partial charge is 0.270 e. The Labute approximate surface area is 233 Å². The molecule has 208 valence electrons. The first kappa shape index (κ1) is 27.4. The van der Waals surface area contributed by atoms with E-state index in [2.05, 4.69) is 24.8 Å². The number of aromatic nitrogens is 1. The van der Waals surface area contributed by atoms with E-state index >= 15 is 0 Å². The summed E-state index contributed by atoms with van der Waals surface area (Å²) in [6.07, 6.45) is 0. The third kappa shape index (κ3) is 6.19. The van der Waals surface area contributed by atoms with Crippen LogP contribution in [0.1, 0.15) is 10.4 Å². The standard InChI is InChI=1S/C26H25FN6O5S2/c27-18-5-8-20(9-6-18)40(37,38)30-22-4-2-1-3-21(22)25(34)28-11-12-31-13-15-32(16-14-31)26-29-23-10-7-19(33(35)36)17-24(23)39-26/h1-10,17,30H,11-16H2,(H,28,34). The number of nitrogens with one attached hydrogen (secondary N) is 2. The van der Waals surface area contributed by atoms with Crippen LogP contribution in [0, 0.1) is 15.9 Å². The summed E-state index contributed by atoms with van der Waals surface area (Å²) < 4.78 is 41.8. The van der Waals surface area contributed by atoms with E-state index in [1.54, 1.807) is 24.3 Å². The highest BCUT2D eigenvalue weighted by Crippen LogP contribution is 2.31. The Kier molecular flexibility index (Phi) is 7.91. The molecule has 1 aliphatic rings. The van der Waals surface area contributed by atoms with Crippen molar-refractivity contribution in [1.29, 1.82) is 0 Å². The first-order valence-electron chi connectivity index (χ1n) is 12.4. The summed E-state index contributed by atoms with van der Waals surface area (Å²) in [5.74, 6) is -0.968. The number of piperazine rings is 1. The van der Waals surface area contributed by atoms with Gasteiger partial charge >= 0.3 is 0 Å². The molecule has 0 bridgehead atoms. The second kappa shape index (κ2) is 11.5. The van der Waals surface area contributed by atoms with Gasteiger partial charge in [0.1, 0.15) is 5.82 Å². The Morgan fingerprint density at radius 1 is 1.05 bits per heavy atom. The van der Waals surface area contributed by atoms with Crippen molar-refractivity contribution in [3.63, 3.8) is 0 Å². The molecule has 0 atom stereocenters. The van der Waals surface area contributed by atoms with E-state index in [9.17, 15) is 27.7 Å². The average Bonchev–Trinajstić information content (AvgIpc) is 3.37. The molecule has 1 saturated heterocycles. The van der Waals surface area contributed by atoms with Gasteiger partial charge in [-0.15, -0.1) is 0 Å². The van der Waals surface area contributed by atoms with Crippen molar-refractivity contribution in [2.24, 2.45) is 0 Å². The van der Waals surface area contributed by atoms with Gasteiger partial charge in [-0.2, -0.15) is 0 Å². The lowest BCUT2D eigenvalue weighted by Crippen LogP contribution is -2.48. The number of nitro groups is 1. The summed E-state index contributed by atoms with van der Waals surface area (Å²) in [6.45, 7) is 3.92. The second-order valence-electron chi connectivity index (χ2n) is 9.10. The van der Waals surface area contributed by atoms with Gasteiger partial charge in [-0.25, -0.2) is 17.8 Å². The minimum atomic E-state index is -4.01. The molecule has 0 radical (unpaired) electrons. The highest BCUT2D eigenvalue weighted by atomic mass is 32.2. The number of para-hydroxylation sites is 1. The fourth-order valence-electron chi connectivity index (χ4n) is 4.32. The van der Waals surface area contributed by atoms with Gasteiger partial charge in [-0.1, -0.05) is 23.5 Å². The number of carbonyl (C=O) groups is 1. The van der Waals surface area contributed by atoms with Gasteiger partial charge in [0.2, 0.25) is 0 Å². The molecule has 1 amide bonds. The van der Waals surface area contributed by atoms with Gasteiger partial charge < -0.3 is 10.2 Å². The summed E-state index contributed by atoms with van der Waals surface area (Å²) in [5.41, 5.74) is 1.08. The topological polar surface area (TPSA) is 138 Å². The maximum absolute atomic E-state index is 13.2. The van der Waals surface area contributed by atoms with Crippen LogP contribution in [0.4, 0.5) is 20.9 Å². The molecule has 1 aromatic heterocycles. The van der Waals surface area contributed by atoms with Crippen molar-refractivity contribution < 1.29 is 22.5 Å². The van der Waals surface area contributed by atoms with E-state index in [4.69, 9.17) is 0 Å². The van der Waals surface area contributed by atoms with E-state index in [1.807, 2.05) is 0 Å². The van der Waals surface area contributed by atoms with E-state index in [1.165, 1.54) is 29.5 Å². The largest absolute Gasteiger partial charge is 0.351 e. The van der Waals surface area contributed by atoms with Gasteiger partial charge in [-0.3, -0.25) is 24.5 Å². The van der Waals surface area contributed by atoms with Crippen molar-refractivity contribution in [1.82, 2.24) is 15.2 Å². The molecule has 0 spiro atoms. The summed E-state index contributed by atoms with van der Waals surface area (Å²) in [6, 6.07) is 15.4. The van der Waals surface area contributed by atoms with Gasteiger partial charge in [0.05, 0.1) is 31.3 Å². The first-order chi connectivity index (χ1) is 19.2. The normalized spacial score (nSPS) is 14.3. The van der Waals surface area contributed by atoms with Gasteiger partial charge in [0, 0.05) is 51.4 Å². The lowest BCUT2D eigenvalue weighted by atomic mass is 10.1. The predicted molar refractivity (Wildman–Crippen MR) is 151 cm³/mol. The number of hydrogen-bond donors (Lipinski definition) is 2. The molecule has 5 rings (SSSR count). The summed E-state index contributed by atoms with van der Waals surface area (Å²) in [5, 5.41) is 14.7. The molecule has 14 heteroatoms. The van der Waals surface area contributed by atoms with Crippen LogP contribution in [0.2, 0.25) is 0 Å². The molecule has 1 fully saturated rings. The Bertz CT molecular complexity index is 1650. The molecule has 11 nitrogen and oxygen atoms in total. The SMILES string of the molecule is O=C(NCCN1CCN(c2nc3ccc([N+](=O)[O-])cc3s2)CC1)c1ccccc1NS(=O)(=O)c1ccc(F)cc1. The molecule has 0 saturated carbocycles. The number of thiazole rings is 1. The van der Waals surface area contributed by atoms with E-state index < -0.39 is 26.7 Å². The van der Waals surface area contributed by atoms with Crippen LogP contribution in [-0.2, 0) is 10.0 Å². The van der Waals surface area contributed by atoms with Crippen LogP contribution in [0.3, 0.4) is 0 Å². The Balaban J connectivity index is 1.13.